The molecule has 0 amide bonds. The Morgan fingerprint density at radius 2 is 2.05 bits per heavy atom. The van der Waals surface area contributed by atoms with Crippen molar-refractivity contribution in [2.45, 2.75) is 57.9 Å². The van der Waals surface area contributed by atoms with Crippen molar-refractivity contribution >= 4 is 10.0 Å². The molecular formula is C15H29N3O2S. The average Bonchev–Trinajstić information content (AvgIpc) is 2.95. The number of aromatic nitrogens is 1. The van der Waals surface area contributed by atoms with Gasteiger partial charge in [0.1, 0.15) is 0 Å². The summed E-state index contributed by atoms with van der Waals surface area (Å²) in [6, 6.07) is 1.69. The number of sulfonamides is 1. The Bertz CT molecular complexity index is 497. The molecule has 3 N–H and O–H groups in total. The normalized spacial score (nSPS) is 13.5. The molecule has 6 heteroatoms. The van der Waals surface area contributed by atoms with Crippen molar-refractivity contribution in [3.8, 4) is 0 Å². The fourth-order valence-electron chi connectivity index (χ4n) is 2.19. The predicted molar refractivity (Wildman–Crippen MR) is 86.7 cm³/mol. The monoisotopic (exact) mass is 315 g/mol. The quantitative estimate of drug-likeness (QED) is 0.587. The third-order valence-electron chi connectivity index (χ3n) is 3.70. The van der Waals surface area contributed by atoms with Crippen LogP contribution in [0.5, 0.6) is 0 Å². The number of H-pyrrole nitrogens is 1. The molecule has 0 saturated heterocycles. The molecule has 0 fully saturated rings. The second kappa shape index (κ2) is 9.23. The molecule has 0 aliphatic carbocycles. The van der Waals surface area contributed by atoms with Gasteiger partial charge >= 0.3 is 0 Å². The molecule has 1 unspecified atom stereocenters. The van der Waals surface area contributed by atoms with E-state index in [0.29, 0.717) is 23.9 Å². The summed E-state index contributed by atoms with van der Waals surface area (Å²) in [5.41, 5.74) is 0.884. The van der Waals surface area contributed by atoms with Crippen molar-refractivity contribution in [2.24, 2.45) is 5.92 Å². The van der Waals surface area contributed by atoms with Crippen LogP contribution in [0.15, 0.2) is 17.2 Å². The van der Waals surface area contributed by atoms with Gasteiger partial charge in [0.05, 0.1) is 4.90 Å². The lowest BCUT2D eigenvalue weighted by molar-refractivity contribution is 0.444. The number of aromatic amines is 1. The SMILES string of the molecule is CCCCC(CC)CNS(=O)(=O)c1c[nH]c(CNCC)c1. The summed E-state index contributed by atoms with van der Waals surface area (Å²) in [7, 11) is -3.40. The number of nitrogens with one attached hydrogen (secondary N) is 3. The Kier molecular flexibility index (Phi) is 8.00. The molecule has 21 heavy (non-hydrogen) atoms. The summed E-state index contributed by atoms with van der Waals surface area (Å²) >= 11 is 0. The smallest absolute Gasteiger partial charge is 0.242 e. The van der Waals surface area contributed by atoms with Crippen LogP contribution in [0.3, 0.4) is 0 Å². The first-order valence-electron chi connectivity index (χ1n) is 7.91. The Labute approximate surface area is 129 Å². The van der Waals surface area contributed by atoms with Gasteiger partial charge in [-0.2, -0.15) is 0 Å². The fourth-order valence-corrected chi connectivity index (χ4v) is 3.32. The standard InChI is InChI=1S/C15H29N3O2S/c1-4-7-8-13(5-2)10-18-21(19,20)15-9-14(17-12-15)11-16-6-3/h9,12-13,16-18H,4-8,10-11H2,1-3H3. The summed E-state index contributed by atoms with van der Waals surface area (Å²) in [4.78, 5) is 3.32. The zero-order valence-corrected chi connectivity index (χ0v) is 14.2. The summed E-state index contributed by atoms with van der Waals surface area (Å²) < 4.78 is 27.3. The number of hydrogen-bond acceptors (Lipinski definition) is 3. The van der Waals surface area contributed by atoms with Gasteiger partial charge in [-0.25, -0.2) is 13.1 Å². The molecular weight excluding hydrogens is 286 g/mol. The van der Waals surface area contributed by atoms with Crippen LogP contribution in [0, 0.1) is 5.92 Å². The molecule has 0 aliphatic heterocycles. The van der Waals surface area contributed by atoms with Gasteiger partial charge in [0.15, 0.2) is 0 Å². The summed E-state index contributed by atoms with van der Waals surface area (Å²) in [6.07, 6.45) is 5.93. The Hall–Kier alpha value is -0.850. The maximum absolute atomic E-state index is 12.3. The van der Waals surface area contributed by atoms with Crippen LogP contribution >= 0.6 is 0 Å². The molecule has 0 aromatic carbocycles. The van der Waals surface area contributed by atoms with E-state index in [4.69, 9.17) is 0 Å². The minimum absolute atomic E-state index is 0.320. The van der Waals surface area contributed by atoms with Gasteiger partial charge in [-0.05, 0) is 24.9 Å². The molecule has 1 aromatic heterocycles. The first-order valence-corrected chi connectivity index (χ1v) is 9.39. The van der Waals surface area contributed by atoms with E-state index in [9.17, 15) is 8.42 Å². The Morgan fingerprint density at radius 3 is 2.67 bits per heavy atom. The first-order chi connectivity index (χ1) is 10.0. The second-order valence-corrected chi connectivity index (χ2v) is 7.18. The lowest BCUT2D eigenvalue weighted by atomic mass is 10.00. The largest absolute Gasteiger partial charge is 0.363 e. The highest BCUT2D eigenvalue weighted by Crippen LogP contribution is 2.14. The molecule has 0 aliphatic rings. The van der Waals surface area contributed by atoms with Gasteiger partial charge in [-0.3, -0.25) is 0 Å². The average molecular weight is 315 g/mol. The maximum Gasteiger partial charge on any atom is 0.242 e. The zero-order valence-electron chi connectivity index (χ0n) is 13.4. The predicted octanol–water partition coefficient (Wildman–Crippen LogP) is 2.62. The van der Waals surface area contributed by atoms with E-state index in [2.05, 4.69) is 28.9 Å². The maximum atomic E-state index is 12.3. The molecule has 1 rings (SSSR count). The van der Waals surface area contributed by atoms with Crippen molar-refractivity contribution in [3.63, 3.8) is 0 Å². The third-order valence-corrected chi connectivity index (χ3v) is 5.10. The van der Waals surface area contributed by atoms with Crippen LogP contribution < -0.4 is 10.0 Å². The van der Waals surface area contributed by atoms with Gasteiger partial charge in [0, 0.05) is 25.0 Å². The Balaban J connectivity index is 2.57. The third kappa shape index (κ3) is 6.20. The molecule has 0 bridgehead atoms. The molecule has 0 saturated carbocycles. The van der Waals surface area contributed by atoms with Crippen molar-refractivity contribution in [3.05, 3.63) is 18.0 Å². The van der Waals surface area contributed by atoms with E-state index in [1.54, 1.807) is 12.3 Å². The van der Waals surface area contributed by atoms with Gasteiger partial charge in [-0.1, -0.05) is 40.0 Å². The lowest BCUT2D eigenvalue weighted by Gasteiger charge is -2.14. The zero-order chi connectivity index (χ0) is 15.7. The molecule has 0 spiro atoms. The van der Waals surface area contributed by atoms with Gasteiger partial charge in [0.25, 0.3) is 0 Å². The molecule has 1 aromatic rings. The van der Waals surface area contributed by atoms with Crippen LogP contribution in [0.1, 0.15) is 52.1 Å². The van der Waals surface area contributed by atoms with Crippen molar-refractivity contribution in [1.29, 1.82) is 0 Å². The molecule has 0 radical (unpaired) electrons. The van der Waals surface area contributed by atoms with Crippen molar-refractivity contribution in [1.82, 2.24) is 15.0 Å². The highest BCUT2D eigenvalue weighted by Gasteiger charge is 2.17. The molecule has 1 heterocycles. The van der Waals surface area contributed by atoms with E-state index in [1.807, 2.05) is 6.92 Å². The Morgan fingerprint density at radius 1 is 1.29 bits per heavy atom. The minimum atomic E-state index is -3.40. The highest BCUT2D eigenvalue weighted by molar-refractivity contribution is 7.89. The summed E-state index contributed by atoms with van der Waals surface area (Å²) in [5.74, 6) is 0.417. The lowest BCUT2D eigenvalue weighted by Crippen LogP contribution is -2.29. The fraction of sp³-hybridized carbons (Fsp3) is 0.733. The molecule has 122 valence electrons. The van der Waals surface area contributed by atoms with Crippen LogP contribution in [0.25, 0.3) is 0 Å². The van der Waals surface area contributed by atoms with Crippen molar-refractivity contribution in [2.75, 3.05) is 13.1 Å². The van der Waals surface area contributed by atoms with E-state index >= 15 is 0 Å². The van der Waals surface area contributed by atoms with Gasteiger partial charge in [-0.15, -0.1) is 0 Å². The topological polar surface area (TPSA) is 74.0 Å². The molecule has 5 nitrogen and oxygen atoms in total. The van der Waals surface area contributed by atoms with E-state index in [1.165, 1.54) is 0 Å². The van der Waals surface area contributed by atoms with Crippen LogP contribution in [-0.4, -0.2) is 26.5 Å². The number of hydrogen-bond donors (Lipinski definition) is 3. The number of unbranched alkanes of at least 4 members (excludes halogenated alkanes) is 1. The highest BCUT2D eigenvalue weighted by atomic mass is 32.2. The second-order valence-electron chi connectivity index (χ2n) is 5.41. The molecule has 1 atom stereocenters. The van der Waals surface area contributed by atoms with Crippen molar-refractivity contribution < 1.29 is 8.42 Å². The van der Waals surface area contributed by atoms with E-state index < -0.39 is 10.0 Å². The van der Waals surface area contributed by atoms with Crippen LogP contribution in [0.2, 0.25) is 0 Å². The van der Waals surface area contributed by atoms with Crippen LogP contribution in [0.4, 0.5) is 0 Å². The summed E-state index contributed by atoms with van der Waals surface area (Å²) in [5, 5.41) is 3.17. The van der Waals surface area contributed by atoms with E-state index in [-0.39, 0.29) is 0 Å². The number of rotatable bonds is 11. The van der Waals surface area contributed by atoms with Gasteiger partial charge in [0.2, 0.25) is 10.0 Å². The van der Waals surface area contributed by atoms with E-state index in [0.717, 1.165) is 37.9 Å². The van der Waals surface area contributed by atoms with Crippen LogP contribution in [-0.2, 0) is 16.6 Å². The minimum Gasteiger partial charge on any atom is -0.363 e. The summed E-state index contributed by atoms with van der Waals surface area (Å²) in [6.45, 7) is 8.31. The first kappa shape index (κ1) is 18.2. The van der Waals surface area contributed by atoms with Gasteiger partial charge < -0.3 is 10.3 Å².